The standard InChI is InChI=1S/C11H14O.C6H12O2/c1-9(2)7-10-3-5-11(8-12)6-4-10;1-2-3-4-5-6(7)8/h3-6,8-9H,7H2,1-2H3;2-5H2,1H3,(H,7,8). The molecule has 1 N–H and O–H groups in total. The van der Waals surface area contributed by atoms with E-state index in [0.717, 1.165) is 37.5 Å². The number of rotatable bonds is 7. The van der Waals surface area contributed by atoms with Gasteiger partial charge in [0.05, 0.1) is 0 Å². The molecule has 112 valence electrons. The van der Waals surface area contributed by atoms with E-state index >= 15 is 0 Å². The number of unbranched alkanes of at least 4 members (excludes halogenated alkanes) is 2. The average molecular weight is 278 g/mol. The number of carbonyl (C=O) groups excluding carboxylic acids is 1. The van der Waals surface area contributed by atoms with Crippen LogP contribution in [0.2, 0.25) is 0 Å². The number of carboxylic acid groups (broad SMARTS) is 1. The third kappa shape index (κ3) is 10.3. The van der Waals surface area contributed by atoms with Crippen molar-refractivity contribution in [1.82, 2.24) is 0 Å². The lowest BCUT2D eigenvalue weighted by Gasteiger charge is -2.03. The molecule has 1 aromatic rings. The van der Waals surface area contributed by atoms with Crippen molar-refractivity contribution in [2.75, 3.05) is 0 Å². The third-order valence-corrected chi connectivity index (χ3v) is 2.75. The minimum Gasteiger partial charge on any atom is -0.481 e. The van der Waals surface area contributed by atoms with Crippen LogP contribution in [0.3, 0.4) is 0 Å². The summed E-state index contributed by atoms with van der Waals surface area (Å²) in [5.74, 6) is -0.00877. The van der Waals surface area contributed by atoms with Crippen LogP contribution in [-0.2, 0) is 11.2 Å². The van der Waals surface area contributed by atoms with Crippen molar-refractivity contribution in [2.24, 2.45) is 5.92 Å². The van der Waals surface area contributed by atoms with E-state index in [0.29, 0.717) is 12.3 Å². The second kappa shape index (κ2) is 11.2. The molecule has 0 amide bonds. The lowest BCUT2D eigenvalue weighted by molar-refractivity contribution is -0.137. The molecule has 3 heteroatoms. The van der Waals surface area contributed by atoms with Crippen molar-refractivity contribution in [2.45, 2.75) is 52.9 Å². The molecule has 0 aliphatic rings. The Balaban J connectivity index is 0.000000396. The minimum absolute atomic E-state index is 0.327. The molecule has 1 aromatic carbocycles. The average Bonchev–Trinajstić information content (AvgIpc) is 2.40. The highest BCUT2D eigenvalue weighted by molar-refractivity contribution is 5.74. The first-order chi connectivity index (χ1) is 9.49. The molecule has 0 fully saturated rings. The van der Waals surface area contributed by atoms with Crippen LogP contribution in [0.15, 0.2) is 24.3 Å². The van der Waals surface area contributed by atoms with Gasteiger partial charge in [-0.05, 0) is 24.3 Å². The summed E-state index contributed by atoms with van der Waals surface area (Å²) in [6.45, 7) is 6.43. The minimum atomic E-state index is -0.682. The largest absolute Gasteiger partial charge is 0.481 e. The van der Waals surface area contributed by atoms with E-state index in [-0.39, 0.29) is 0 Å². The number of carboxylic acids is 1. The first-order valence-corrected chi connectivity index (χ1v) is 7.25. The molecule has 0 spiro atoms. The lowest BCUT2D eigenvalue weighted by Crippen LogP contribution is -1.93. The highest BCUT2D eigenvalue weighted by Crippen LogP contribution is 2.08. The smallest absolute Gasteiger partial charge is 0.303 e. The Hall–Kier alpha value is -1.64. The van der Waals surface area contributed by atoms with Gasteiger partial charge >= 0.3 is 5.97 Å². The van der Waals surface area contributed by atoms with Crippen LogP contribution in [0.5, 0.6) is 0 Å². The number of hydrogen-bond acceptors (Lipinski definition) is 2. The molecule has 0 saturated heterocycles. The summed E-state index contributed by atoms with van der Waals surface area (Å²) in [5.41, 5.74) is 2.05. The van der Waals surface area contributed by atoms with E-state index in [1.807, 2.05) is 24.3 Å². The summed E-state index contributed by atoms with van der Waals surface area (Å²) in [5, 5.41) is 8.14. The molecular weight excluding hydrogens is 252 g/mol. The summed E-state index contributed by atoms with van der Waals surface area (Å²) in [6, 6.07) is 7.77. The second-order valence-electron chi connectivity index (χ2n) is 5.31. The second-order valence-corrected chi connectivity index (χ2v) is 5.31. The highest BCUT2D eigenvalue weighted by atomic mass is 16.4. The summed E-state index contributed by atoms with van der Waals surface area (Å²) in [7, 11) is 0. The fourth-order valence-electron chi connectivity index (χ4n) is 1.73. The van der Waals surface area contributed by atoms with Crippen LogP contribution in [0.4, 0.5) is 0 Å². The summed E-state index contributed by atoms with van der Waals surface area (Å²) in [4.78, 5) is 20.2. The van der Waals surface area contributed by atoms with Gasteiger partial charge in [0, 0.05) is 12.0 Å². The Labute approximate surface area is 122 Å². The molecule has 20 heavy (non-hydrogen) atoms. The van der Waals surface area contributed by atoms with Gasteiger partial charge in [0.15, 0.2) is 0 Å². The van der Waals surface area contributed by atoms with Crippen LogP contribution in [0.1, 0.15) is 62.4 Å². The van der Waals surface area contributed by atoms with Crippen molar-refractivity contribution < 1.29 is 14.7 Å². The molecule has 0 atom stereocenters. The number of carbonyl (C=O) groups is 2. The fraction of sp³-hybridized carbons (Fsp3) is 0.529. The van der Waals surface area contributed by atoms with Gasteiger partial charge in [0.25, 0.3) is 0 Å². The first kappa shape index (κ1) is 18.4. The molecule has 0 aliphatic heterocycles. The zero-order valence-corrected chi connectivity index (χ0v) is 12.8. The van der Waals surface area contributed by atoms with Crippen LogP contribution in [-0.4, -0.2) is 17.4 Å². The SMILES string of the molecule is CC(C)Cc1ccc(C=O)cc1.CCCCCC(=O)O. The van der Waals surface area contributed by atoms with Crippen LogP contribution in [0, 0.1) is 5.92 Å². The Bertz CT molecular complexity index is 380. The maximum Gasteiger partial charge on any atom is 0.303 e. The maximum absolute atomic E-state index is 10.3. The van der Waals surface area contributed by atoms with Gasteiger partial charge in [-0.2, -0.15) is 0 Å². The molecular formula is C17H26O3. The molecule has 0 bridgehead atoms. The van der Waals surface area contributed by atoms with E-state index in [1.165, 1.54) is 5.56 Å². The van der Waals surface area contributed by atoms with Gasteiger partial charge < -0.3 is 5.11 Å². The van der Waals surface area contributed by atoms with Gasteiger partial charge in [0.2, 0.25) is 0 Å². The van der Waals surface area contributed by atoms with Crippen LogP contribution in [0.25, 0.3) is 0 Å². The van der Waals surface area contributed by atoms with E-state index in [1.54, 1.807) is 0 Å². The van der Waals surface area contributed by atoms with Gasteiger partial charge in [-0.15, -0.1) is 0 Å². The molecule has 0 saturated carbocycles. The molecule has 1 rings (SSSR count). The van der Waals surface area contributed by atoms with Gasteiger partial charge in [-0.1, -0.05) is 57.9 Å². The zero-order valence-electron chi connectivity index (χ0n) is 12.8. The first-order valence-electron chi connectivity index (χ1n) is 7.25. The molecule has 0 radical (unpaired) electrons. The molecule has 0 heterocycles. The number of benzene rings is 1. The zero-order chi connectivity index (χ0) is 15.4. The number of aliphatic carboxylic acids is 1. The van der Waals surface area contributed by atoms with Crippen molar-refractivity contribution in [3.8, 4) is 0 Å². The summed E-state index contributed by atoms with van der Waals surface area (Å²) in [6.07, 6.45) is 5.23. The van der Waals surface area contributed by atoms with Gasteiger partial charge in [-0.3, -0.25) is 9.59 Å². The van der Waals surface area contributed by atoms with Crippen molar-refractivity contribution in [1.29, 1.82) is 0 Å². The fourth-order valence-corrected chi connectivity index (χ4v) is 1.73. The Morgan fingerprint density at radius 3 is 2.20 bits per heavy atom. The highest BCUT2D eigenvalue weighted by Gasteiger charge is 1.96. The third-order valence-electron chi connectivity index (χ3n) is 2.75. The maximum atomic E-state index is 10.3. The topological polar surface area (TPSA) is 54.4 Å². The molecule has 0 aromatic heterocycles. The monoisotopic (exact) mass is 278 g/mol. The summed E-state index contributed by atoms with van der Waals surface area (Å²) < 4.78 is 0. The van der Waals surface area contributed by atoms with E-state index < -0.39 is 5.97 Å². The predicted octanol–water partition coefficient (Wildman–Crippen LogP) is 4.35. The quantitative estimate of drug-likeness (QED) is 0.596. The number of hydrogen-bond donors (Lipinski definition) is 1. The lowest BCUT2D eigenvalue weighted by atomic mass is 10.0. The summed E-state index contributed by atoms with van der Waals surface area (Å²) >= 11 is 0. The van der Waals surface area contributed by atoms with E-state index in [9.17, 15) is 9.59 Å². The van der Waals surface area contributed by atoms with Crippen molar-refractivity contribution >= 4 is 12.3 Å². The normalized spacial score (nSPS) is 9.80. The van der Waals surface area contributed by atoms with E-state index in [4.69, 9.17) is 5.11 Å². The van der Waals surface area contributed by atoms with Gasteiger partial charge in [0.1, 0.15) is 6.29 Å². The van der Waals surface area contributed by atoms with Crippen LogP contribution >= 0.6 is 0 Å². The van der Waals surface area contributed by atoms with Crippen molar-refractivity contribution in [3.63, 3.8) is 0 Å². The van der Waals surface area contributed by atoms with Crippen LogP contribution < -0.4 is 0 Å². The predicted molar refractivity (Wildman–Crippen MR) is 82.1 cm³/mol. The Morgan fingerprint density at radius 1 is 1.20 bits per heavy atom. The molecule has 0 aliphatic carbocycles. The molecule has 0 unspecified atom stereocenters. The van der Waals surface area contributed by atoms with Crippen molar-refractivity contribution in [3.05, 3.63) is 35.4 Å². The Kier molecular flexibility index (Phi) is 10.3. The number of aldehydes is 1. The molecule has 3 nitrogen and oxygen atoms in total. The van der Waals surface area contributed by atoms with Gasteiger partial charge in [-0.25, -0.2) is 0 Å². The van der Waals surface area contributed by atoms with E-state index in [2.05, 4.69) is 20.8 Å². The Morgan fingerprint density at radius 2 is 1.80 bits per heavy atom.